The summed E-state index contributed by atoms with van der Waals surface area (Å²) in [6.45, 7) is 1.98. The van der Waals surface area contributed by atoms with Crippen molar-refractivity contribution >= 4 is 22.5 Å². The second-order valence-electron chi connectivity index (χ2n) is 6.51. The van der Waals surface area contributed by atoms with Gasteiger partial charge in [0, 0.05) is 17.5 Å². The molecule has 1 heterocycles. The van der Waals surface area contributed by atoms with E-state index in [1.165, 1.54) is 11.8 Å². The fraction of sp³-hybridized carbons (Fsp3) is 0.273. The fourth-order valence-corrected chi connectivity index (χ4v) is 2.92. The Morgan fingerprint density at radius 3 is 2.55 bits per heavy atom. The molecule has 0 saturated heterocycles. The Kier molecular flexibility index (Phi) is 6.39. The summed E-state index contributed by atoms with van der Waals surface area (Å²) < 4.78 is 11.6. The third kappa shape index (κ3) is 4.51. The third-order valence-corrected chi connectivity index (χ3v) is 4.51. The van der Waals surface area contributed by atoms with Crippen molar-refractivity contribution in [2.24, 2.45) is 0 Å². The number of aromatic nitrogens is 2. The Morgan fingerprint density at radius 2 is 1.83 bits per heavy atom. The van der Waals surface area contributed by atoms with E-state index in [2.05, 4.69) is 5.10 Å². The molecule has 1 aromatic heterocycles. The first-order valence-corrected chi connectivity index (χ1v) is 9.39. The number of benzene rings is 2. The van der Waals surface area contributed by atoms with Crippen molar-refractivity contribution < 1.29 is 19.1 Å². The van der Waals surface area contributed by atoms with Gasteiger partial charge < -0.3 is 9.47 Å². The minimum absolute atomic E-state index is 0.0229. The Labute approximate surface area is 167 Å². The number of aryl methyl sites for hydroxylation is 1. The Hall–Kier alpha value is -3.48. The van der Waals surface area contributed by atoms with Crippen LogP contribution in [0, 0.1) is 0 Å². The van der Waals surface area contributed by atoms with Gasteiger partial charge in [0.25, 0.3) is 5.56 Å². The van der Waals surface area contributed by atoms with E-state index in [1.807, 2.05) is 6.92 Å². The lowest BCUT2D eigenvalue weighted by Gasteiger charge is -2.10. The lowest BCUT2D eigenvalue weighted by atomic mass is 10.1. The highest BCUT2D eigenvalue weighted by Gasteiger charge is 2.19. The van der Waals surface area contributed by atoms with Gasteiger partial charge in [-0.15, -0.1) is 0 Å². The second-order valence-corrected chi connectivity index (χ2v) is 6.51. The Morgan fingerprint density at radius 1 is 1.07 bits per heavy atom. The summed E-state index contributed by atoms with van der Waals surface area (Å²) in [5, 5.41) is 5.01. The maximum Gasteiger partial charge on any atom is 0.359 e. The number of esters is 1. The molecule has 7 heteroatoms. The molecule has 0 N–H and O–H groups in total. The molecule has 29 heavy (non-hydrogen) atoms. The van der Waals surface area contributed by atoms with Gasteiger partial charge in [0.05, 0.1) is 12.5 Å². The Bertz CT molecular complexity index is 1100. The molecule has 0 spiro atoms. The average Bonchev–Trinajstić information content (AvgIpc) is 2.77. The molecule has 0 aliphatic rings. The highest BCUT2D eigenvalue weighted by atomic mass is 16.5. The number of nitrogens with zero attached hydrogens (tertiary/aromatic N) is 2. The van der Waals surface area contributed by atoms with E-state index in [9.17, 15) is 14.4 Å². The van der Waals surface area contributed by atoms with Crippen LogP contribution in [-0.4, -0.2) is 35.2 Å². The van der Waals surface area contributed by atoms with E-state index in [0.717, 1.165) is 12.8 Å². The molecule has 0 aliphatic carbocycles. The van der Waals surface area contributed by atoms with Crippen LogP contribution in [0.3, 0.4) is 0 Å². The van der Waals surface area contributed by atoms with Crippen LogP contribution in [0.4, 0.5) is 0 Å². The zero-order valence-corrected chi connectivity index (χ0v) is 16.4. The lowest BCUT2D eigenvalue weighted by Crippen LogP contribution is -2.27. The number of fused-ring (bicyclic) bond motifs is 1. The molecular weight excluding hydrogens is 372 g/mol. The summed E-state index contributed by atoms with van der Waals surface area (Å²) in [6, 6.07) is 13.4. The molecule has 7 nitrogen and oxygen atoms in total. The van der Waals surface area contributed by atoms with Gasteiger partial charge in [-0.1, -0.05) is 43.7 Å². The van der Waals surface area contributed by atoms with Crippen molar-refractivity contribution in [3.8, 4) is 5.75 Å². The summed E-state index contributed by atoms with van der Waals surface area (Å²) in [5.74, 6) is -0.568. The summed E-state index contributed by atoms with van der Waals surface area (Å²) >= 11 is 0. The van der Waals surface area contributed by atoms with E-state index in [-0.39, 0.29) is 17.0 Å². The highest BCUT2D eigenvalue weighted by Crippen LogP contribution is 2.16. The van der Waals surface area contributed by atoms with Gasteiger partial charge in [0.2, 0.25) is 0 Å². The average molecular weight is 394 g/mol. The number of Topliss-reactive ketones (excluding diaryl/α,β-unsaturated/α-hetero) is 1. The molecule has 3 rings (SSSR count). The van der Waals surface area contributed by atoms with Gasteiger partial charge in [0.15, 0.2) is 18.1 Å². The number of unbranched alkanes of at least 4 members (excludes halogenated alkanes) is 1. The number of rotatable bonds is 8. The molecule has 0 aliphatic heterocycles. The molecule has 0 radical (unpaired) electrons. The van der Waals surface area contributed by atoms with Crippen molar-refractivity contribution in [2.45, 2.75) is 26.3 Å². The first-order valence-electron chi connectivity index (χ1n) is 9.39. The molecule has 0 unspecified atom stereocenters. The number of carbonyl (C=O) groups is 2. The van der Waals surface area contributed by atoms with Crippen LogP contribution in [0.15, 0.2) is 53.3 Å². The van der Waals surface area contributed by atoms with Crippen LogP contribution in [0.25, 0.3) is 10.8 Å². The molecule has 0 saturated carbocycles. The normalized spacial score (nSPS) is 10.7. The first kappa shape index (κ1) is 20.3. The minimum atomic E-state index is -0.748. The zero-order chi connectivity index (χ0) is 20.8. The summed E-state index contributed by atoms with van der Waals surface area (Å²) in [5.41, 5.74) is 0.149. The van der Waals surface area contributed by atoms with Crippen LogP contribution in [0.1, 0.15) is 40.6 Å². The first-order chi connectivity index (χ1) is 14.0. The molecular formula is C22H22N2O5. The number of carbonyl (C=O) groups excluding carboxylic acids is 2. The molecule has 0 fully saturated rings. The van der Waals surface area contributed by atoms with Crippen molar-refractivity contribution in [3.63, 3.8) is 0 Å². The van der Waals surface area contributed by atoms with Crippen LogP contribution < -0.4 is 10.3 Å². The standard InChI is InChI=1S/C22H22N2O5/c1-3-4-12-24-21(26)18-11-6-5-10-17(18)20(23-24)22(27)29-14-19(25)15-8-7-9-16(13-15)28-2/h5-11,13H,3-4,12,14H2,1-2H3. The van der Waals surface area contributed by atoms with Gasteiger partial charge in [-0.3, -0.25) is 9.59 Å². The summed E-state index contributed by atoms with van der Waals surface area (Å²) in [4.78, 5) is 37.6. The van der Waals surface area contributed by atoms with Crippen LogP contribution in [0.5, 0.6) is 5.75 Å². The van der Waals surface area contributed by atoms with Crippen molar-refractivity contribution in [1.82, 2.24) is 9.78 Å². The lowest BCUT2D eigenvalue weighted by molar-refractivity contribution is 0.0468. The molecule has 3 aromatic rings. The number of ketones is 1. The largest absolute Gasteiger partial charge is 0.497 e. The van der Waals surface area contributed by atoms with Crippen molar-refractivity contribution in [3.05, 3.63) is 70.1 Å². The maximum absolute atomic E-state index is 12.7. The maximum atomic E-state index is 12.7. The van der Waals surface area contributed by atoms with Gasteiger partial charge in [-0.05, 0) is 24.6 Å². The van der Waals surface area contributed by atoms with E-state index >= 15 is 0 Å². The predicted octanol–water partition coefficient (Wildman–Crippen LogP) is 3.24. The molecule has 150 valence electrons. The van der Waals surface area contributed by atoms with Crippen molar-refractivity contribution in [1.29, 1.82) is 0 Å². The number of ether oxygens (including phenoxy) is 2. The van der Waals surface area contributed by atoms with E-state index < -0.39 is 12.6 Å². The third-order valence-electron chi connectivity index (χ3n) is 4.51. The van der Waals surface area contributed by atoms with E-state index in [1.54, 1.807) is 48.5 Å². The molecule has 0 bridgehead atoms. The number of methoxy groups -OCH3 is 1. The topological polar surface area (TPSA) is 87.5 Å². The SMILES string of the molecule is CCCCn1nc(C(=O)OCC(=O)c2cccc(OC)c2)c2ccccc2c1=O. The monoisotopic (exact) mass is 394 g/mol. The molecule has 0 atom stereocenters. The quantitative estimate of drug-likeness (QED) is 0.431. The highest BCUT2D eigenvalue weighted by molar-refractivity contribution is 6.04. The van der Waals surface area contributed by atoms with Crippen LogP contribution in [0.2, 0.25) is 0 Å². The molecule has 2 aromatic carbocycles. The minimum Gasteiger partial charge on any atom is -0.497 e. The van der Waals surface area contributed by atoms with Gasteiger partial charge in [-0.2, -0.15) is 5.10 Å². The molecule has 0 amide bonds. The fourth-order valence-electron chi connectivity index (χ4n) is 2.92. The van der Waals surface area contributed by atoms with Gasteiger partial charge in [0.1, 0.15) is 5.75 Å². The zero-order valence-electron chi connectivity index (χ0n) is 16.4. The smallest absolute Gasteiger partial charge is 0.359 e. The van der Waals surface area contributed by atoms with Gasteiger partial charge >= 0.3 is 5.97 Å². The van der Waals surface area contributed by atoms with Crippen LogP contribution in [-0.2, 0) is 11.3 Å². The number of hydrogen-bond donors (Lipinski definition) is 0. The van der Waals surface area contributed by atoms with Crippen LogP contribution >= 0.6 is 0 Å². The summed E-state index contributed by atoms with van der Waals surface area (Å²) in [6.07, 6.45) is 1.64. The Balaban J connectivity index is 1.85. The number of hydrogen-bond acceptors (Lipinski definition) is 6. The summed E-state index contributed by atoms with van der Waals surface area (Å²) in [7, 11) is 1.51. The van der Waals surface area contributed by atoms with E-state index in [0.29, 0.717) is 28.6 Å². The van der Waals surface area contributed by atoms with Crippen molar-refractivity contribution in [2.75, 3.05) is 13.7 Å². The van der Waals surface area contributed by atoms with E-state index in [4.69, 9.17) is 9.47 Å². The van der Waals surface area contributed by atoms with Gasteiger partial charge in [-0.25, -0.2) is 9.48 Å². The second kappa shape index (κ2) is 9.14. The predicted molar refractivity (Wildman–Crippen MR) is 109 cm³/mol.